The maximum atomic E-state index is 13.5. The van der Waals surface area contributed by atoms with Gasteiger partial charge in [-0.3, -0.25) is 0 Å². The molecule has 1 atom stereocenters. The van der Waals surface area contributed by atoms with Gasteiger partial charge in [0.25, 0.3) is 0 Å². The Labute approximate surface area is 95.4 Å². The van der Waals surface area contributed by atoms with Gasteiger partial charge in [0.1, 0.15) is 19.2 Å². The Morgan fingerprint density at radius 2 is 1.94 bits per heavy atom. The van der Waals surface area contributed by atoms with Gasteiger partial charge in [-0.15, -0.1) is 0 Å². The van der Waals surface area contributed by atoms with E-state index in [1.54, 1.807) is 0 Å². The summed E-state index contributed by atoms with van der Waals surface area (Å²) >= 11 is 0. The lowest BCUT2D eigenvalue weighted by atomic mass is 9.89. The first-order chi connectivity index (χ1) is 8.01. The zero-order valence-corrected chi connectivity index (χ0v) is 8.85. The lowest BCUT2D eigenvalue weighted by molar-refractivity contribution is -0.0112. The van der Waals surface area contributed by atoms with E-state index in [1.165, 1.54) is 0 Å². The molecule has 2 rings (SSSR count). The quantitative estimate of drug-likeness (QED) is 0.817. The lowest BCUT2D eigenvalue weighted by Gasteiger charge is -2.37. The van der Waals surface area contributed by atoms with Crippen molar-refractivity contribution < 1.29 is 22.3 Å². The van der Waals surface area contributed by atoms with Crippen LogP contribution in [0.1, 0.15) is 18.0 Å². The predicted molar refractivity (Wildman–Crippen MR) is 53.2 cm³/mol. The van der Waals surface area contributed by atoms with Gasteiger partial charge in [0, 0.05) is 24.1 Å². The SMILES string of the molecule is N[C@@H]1CC(CF)(CF)Oc2c(F)cc(F)cc21. The molecule has 0 fully saturated rings. The number of hydrogen-bond acceptors (Lipinski definition) is 2. The Bertz CT molecular complexity index is 434. The minimum Gasteiger partial charge on any atom is -0.478 e. The van der Waals surface area contributed by atoms with Gasteiger partial charge in [0.2, 0.25) is 0 Å². The first-order valence-electron chi connectivity index (χ1n) is 5.07. The van der Waals surface area contributed by atoms with E-state index < -0.39 is 36.6 Å². The third-order valence-electron chi connectivity index (χ3n) is 2.83. The molecule has 0 unspecified atom stereocenters. The highest BCUT2D eigenvalue weighted by atomic mass is 19.1. The van der Waals surface area contributed by atoms with Crippen LogP contribution >= 0.6 is 0 Å². The summed E-state index contributed by atoms with van der Waals surface area (Å²) < 4.78 is 57.0. The minimum atomic E-state index is -1.76. The second-order valence-corrected chi connectivity index (χ2v) is 4.17. The summed E-state index contributed by atoms with van der Waals surface area (Å²) in [5, 5.41) is 0. The monoisotopic (exact) mass is 249 g/mol. The van der Waals surface area contributed by atoms with Gasteiger partial charge < -0.3 is 10.5 Å². The van der Waals surface area contributed by atoms with Gasteiger partial charge in [-0.25, -0.2) is 17.6 Å². The number of fused-ring (bicyclic) bond motifs is 1. The molecule has 1 heterocycles. The maximum absolute atomic E-state index is 13.5. The molecule has 6 heteroatoms. The third-order valence-corrected chi connectivity index (χ3v) is 2.83. The van der Waals surface area contributed by atoms with Crippen LogP contribution < -0.4 is 10.5 Å². The number of benzene rings is 1. The van der Waals surface area contributed by atoms with E-state index >= 15 is 0 Å². The minimum absolute atomic E-state index is 0.0972. The largest absolute Gasteiger partial charge is 0.478 e. The highest BCUT2D eigenvalue weighted by Crippen LogP contribution is 2.41. The van der Waals surface area contributed by atoms with Crippen molar-refractivity contribution in [3.63, 3.8) is 0 Å². The van der Waals surface area contributed by atoms with E-state index in [9.17, 15) is 17.6 Å². The van der Waals surface area contributed by atoms with Crippen LogP contribution in [0.5, 0.6) is 5.75 Å². The second-order valence-electron chi connectivity index (χ2n) is 4.17. The average Bonchev–Trinajstić information content (AvgIpc) is 2.30. The number of nitrogens with two attached hydrogens (primary N) is 1. The van der Waals surface area contributed by atoms with Gasteiger partial charge in [-0.05, 0) is 6.07 Å². The molecule has 2 N–H and O–H groups in total. The van der Waals surface area contributed by atoms with Crippen molar-refractivity contribution in [2.24, 2.45) is 5.73 Å². The molecular weight excluding hydrogens is 238 g/mol. The predicted octanol–water partition coefficient (Wildman–Crippen LogP) is 2.42. The van der Waals surface area contributed by atoms with Crippen LogP contribution in [0.15, 0.2) is 12.1 Å². The zero-order chi connectivity index (χ0) is 12.6. The van der Waals surface area contributed by atoms with E-state index in [0.717, 1.165) is 6.07 Å². The van der Waals surface area contributed by atoms with E-state index in [0.29, 0.717) is 6.07 Å². The molecule has 17 heavy (non-hydrogen) atoms. The molecule has 94 valence electrons. The third kappa shape index (κ3) is 1.97. The fraction of sp³-hybridized carbons (Fsp3) is 0.455. The molecule has 2 nitrogen and oxygen atoms in total. The van der Waals surface area contributed by atoms with Crippen molar-refractivity contribution in [3.05, 3.63) is 29.3 Å². The molecule has 0 saturated carbocycles. The average molecular weight is 249 g/mol. The van der Waals surface area contributed by atoms with Crippen molar-refractivity contribution in [2.75, 3.05) is 13.3 Å². The summed E-state index contributed by atoms with van der Waals surface area (Å²) in [4.78, 5) is 0. The van der Waals surface area contributed by atoms with Crippen molar-refractivity contribution >= 4 is 0 Å². The Balaban J connectivity index is 2.49. The number of ether oxygens (including phenoxy) is 1. The maximum Gasteiger partial charge on any atom is 0.168 e. The smallest absolute Gasteiger partial charge is 0.168 e. The molecule has 0 saturated heterocycles. The van der Waals surface area contributed by atoms with Crippen LogP contribution in [0, 0.1) is 11.6 Å². The lowest BCUT2D eigenvalue weighted by Crippen LogP contribution is -2.47. The summed E-state index contributed by atoms with van der Waals surface area (Å²) in [6, 6.07) is 0.761. The van der Waals surface area contributed by atoms with E-state index in [2.05, 4.69) is 0 Å². The highest BCUT2D eigenvalue weighted by molar-refractivity contribution is 5.40. The van der Waals surface area contributed by atoms with Gasteiger partial charge in [-0.1, -0.05) is 0 Å². The molecule has 0 aliphatic carbocycles. The molecule has 0 radical (unpaired) electrons. The Morgan fingerprint density at radius 3 is 2.53 bits per heavy atom. The molecule has 0 bridgehead atoms. The first kappa shape index (κ1) is 12.2. The standard InChI is InChI=1S/C11H11F4NO/c12-4-11(5-13)3-9(16)7-1-6(14)2-8(15)10(7)17-11/h1-2,9H,3-5,16H2/t9-/m1/s1. The normalized spacial score (nSPS) is 21.8. The molecule has 1 aliphatic rings. The first-order valence-corrected chi connectivity index (χ1v) is 5.07. The van der Waals surface area contributed by atoms with Crippen LogP contribution in [-0.2, 0) is 0 Å². The number of halogens is 4. The van der Waals surface area contributed by atoms with Crippen LogP contribution in [0.2, 0.25) is 0 Å². The summed E-state index contributed by atoms with van der Waals surface area (Å²) in [5.41, 5.74) is 4.00. The number of rotatable bonds is 2. The van der Waals surface area contributed by atoms with Crippen LogP contribution in [0.25, 0.3) is 0 Å². The number of hydrogen-bond donors (Lipinski definition) is 1. The Morgan fingerprint density at radius 1 is 1.29 bits per heavy atom. The van der Waals surface area contributed by atoms with Crippen LogP contribution in [0.4, 0.5) is 17.6 Å². The molecule has 0 amide bonds. The highest BCUT2D eigenvalue weighted by Gasteiger charge is 2.42. The molecular formula is C11H11F4NO. The Kier molecular flexibility index (Phi) is 2.99. The summed E-state index contributed by atoms with van der Waals surface area (Å²) in [7, 11) is 0. The molecule has 0 spiro atoms. The number of alkyl halides is 2. The second kappa shape index (κ2) is 4.18. The van der Waals surface area contributed by atoms with Gasteiger partial charge >= 0.3 is 0 Å². The van der Waals surface area contributed by atoms with Crippen molar-refractivity contribution in [1.82, 2.24) is 0 Å². The Hall–Kier alpha value is -1.30. The fourth-order valence-electron chi connectivity index (χ4n) is 1.93. The summed E-state index contributed by atoms with van der Waals surface area (Å²) in [6.07, 6.45) is -0.157. The van der Waals surface area contributed by atoms with E-state index in [4.69, 9.17) is 10.5 Å². The van der Waals surface area contributed by atoms with Gasteiger partial charge in [-0.2, -0.15) is 0 Å². The summed E-state index contributed by atoms with van der Waals surface area (Å²) in [5.74, 6) is -2.16. The van der Waals surface area contributed by atoms with E-state index in [-0.39, 0.29) is 17.7 Å². The molecule has 0 aromatic heterocycles. The van der Waals surface area contributed by atoms with Gasteiger partial charge in [0.15, 0.2) is 17.2 Å². The fourth-order valence-corrected chi connectivity index (χ4v) is 1.93. The van der Waals surface area contributed by atoms with E-state index in [1.807, 2.05) is 0 Å². The van der Waals surface area contributed by atoms with Crippen LogP contribution in [-0.4, -0.2) is 19.0 Å². The van der Waals surface area contributed by atoms with Crippen molar-refractivity contribution in [1.29, 1.82) is 0 Å². The van der Waals surface area contributed by atoms with Gasteiger partial charge in [0.05, 0.1) is 0 Å². The van der Waals surface area contributed by atoms with Crippen molar-refractivity contribution in [2.45, 2.75) is 18.1 Å². The molecule has 1 aromatic carbocycles. The zero-order valence-electron chi connectivity index (χ0n) is 8.85. The topological polar surface area (TPSA) is 35.2 Å². The van der Waals surface area contributed by atoms with Crippen LogP contribution in [0.3, 0.4) is 0 Å². The molecule has 1 aliphatic heterocycles. The summed E-state index contributed by atoms with van der Waals surface area (Å²) in [6.45, 7) is -2.24. The van der Waals surface area contributed by atoms with Crippen molar-refractivity contribution in [3.8, 4) is 5.75 Å². The molecule has 1 aromatic rings.